The maximum Gasteiger partial charge on any atom is 0.251 e. The maximum absolute atomic E-state index is 12.2. The number of carbonyl (C=O) groups is 1. The summed E-state index contributed by atoms with van der Waals surface area (Å²) in [5.74, 6) is -0.0305. The van der Waals surface area contributed by atoms with Crippen molar-refractivity contribution in [3.05, 3.63) is 35.4 Å². The van der Waals surface area contributed by atoms with E-state index >= 15 is 0 Å². The second-order valence-electron chi connectivity index (χ2n) is 6.38. The first-order valence-corrected chi connectivity index (χ1v) is 7.50. The molecule has 3 N–H and O–H groups in total. The van der Waals surface area contributed by atoms with Gasteiger partial charge in [-0.05, 0) is 29.5 Å². The van der Waals surface area contributed by atoms with Gasteiger partial charge in [0.2, 0.25) is 0 Å². The Hall–Kier alpha value is -1.35. The fraction of sp³-hybridized carbons (Fsp3) is 0.588. The topological polar surface area (TPSA) is 55.1 Å². The molecule has 3 nitrogen and oxygen atoms in total. The van der Waals surface area contributed by atoms with Crippen molar-refractivity contribution in [2.75, 3.05) is 6.54 Å². The smallest absolute Gasteiger partial charge is 0.251 e. The Morgan fingerprint density at radius 3 is 2.30 bits per heavy atom. The number of benzene rings is 1. The number of amides is 1. The van der Waals surface area contributed by atoms with Gasteiger partial charge >= 0.3 is 0 Å². The minimum atomic E-state index is -0.0305. The van der Waals surface area contributed by atoms with E-state index in [-0.39, 0.29) is 17.4 Å². The molecule has 0 saturated heterocycles. The van der Waals surface area contributed by atoms with Gasteiger partial charge in [0.05, 0.1) is 0 Å². The summed E-state index contributed by atoms with van der Waals surface area (Å²) in [4.78, 5) is 12.2. The monoisotopic (exact) mass is 276 g/mol. The van der Waals surface area contributed by atoms with Crippen LogP contribution in [0.25, 0.3) is 0 Å². The van der Waals surface area contributed by atoms with E-state index in [2.05, 4.69) is 33.0 Å². The molecule has 0 radical (unpaired) electrons. The van der Waals surface area contributed by atoms with E-state index in [9.17, 15) is 4.79 Å². The van der Waals surface area contributed by atoms with Crippen molar-refractivity contribution >= 4 is 5.91 Å². The van der Waals surface area contributed by atoms with Crippen LogP contribution in [0, 0.1) is 0 Å². The van der Waals surface area contributed by atoms with Gasteiger partial charge in [0.1, 0.15) is 0 Å². The van der Waals surface area contributed by atoms with E-state index < -0.39 is 0 Å². The lowest BCUT2D eigenvalue weighted by atomic mass is 9.86. The summed E-state index contributed by atoms with van der Waals surface area (Å²) in [7, 11) is 0. The van der Waals surface area contributed by atoms with Crippen LogP contribution in [0.1, 0.15) is 62.9 Å². The number of unbranched alkanes of at least 4 members (excludes halogenated alkanes) is 1. The van der Waals surface area contributed by atoms with Gasteiger partial charge in [0.15, 0.2) is 0 Å². The standard InChI is InChI=1S/C17H28N2O/c1-5-6-7-15(12-18)19-16(20)13-8-10-14(11-9-13)17(2,3)4/h8-11,15H,5-7,12,18H2,1-4H3,(H,19,20). The molecular formula is C17H28N2O. The normalized spacial score (nSPS) is 13.1. The van der Waals surface area contributed by atoms with Crippen molar-refractivity contribution in [2.24, 2.45) is 5.73 Å². The first-order valence-electron chi connectivity index (χ1n) is 7.50. The Labute approximate surface area is 122 Å². The molecule has 1 atom stereocenters. The first-order chi connectivity index (χ1) is 9.38. The Kier molecular flexibility index (Phi) is 6.21. The highest BCUT2D eigenvalue weighted by Crippen LogP contribution is 2.22. The van der Waals surface area contributed by atoms with Crippen LogP contribution >= 0.6 is 0 Å². The Balaban J connectivity index is 2.67. The van der Waals surface area contributed by atoms with Crippen LogP contribution in [0.15, 0.2) is 24.3 Å². The van der Waals surface area contributed by atoms with Crippen molar-refractivity contribution in [1.82, 2.24) is 5.32 Å². The summed E-state index contributed by atoms with van der Waals surface area (Å²) in [6, 6.07) is 7.91. The molecule has 0 aromatic heterocycles. The molecule has 0 bridgehead atoms. The first kappa shape index (κ1) is 16.7. The zero-order chi connectivity index (χ0) is 15.2. The number of hydrogen-bond donors (Lipinski definition) is 2. The zero-order valence-corrected chi connectivity index (χ0v) is 13.2. The summed E-state index contributed by atoms with van der Waals surface area (Å²) < 4.78 is 0. The average molecular weight is 276 g/mol. The molecule has 1 aromatic rings. The summed E-state index contributed by atoms with van der Waals surface area (Å²) in [6.45, 7) is 9.12. The van der Waals surface area contributed by atoms with Crippen LogP contribution in [-0.2, 0) is 5.41 Å². The second-order valence-corrected chi connectivity index (χ2v) is 6.38. The molecule has 0 aliphatic heterocycles. The number of rotatable bonds is 6. The largest absolute Gasteiger partial charge is 0.348 e. The molecule has 1 amide bonds. The van der Waals surface area contributed by atoms with Crippen molar-refractivity contribution < 1.29 is 4.79 Å². The molecule has 0 fully saturated rings. The van der Waals surface area contributed by atoms with Gasteiger partial charge < -0.3 is 11.1 Å². The van der Waals surface area contributed by atoms with E-state index in [1.807, 2.05) is 24.3 Å². The predicted octanol–water partition coefficient (Wildman–Crippen LogP) is 3.23. The Bertz CT molecular complexity index is 418. The number of hydrogen-bond acceptors (Lipinski definition) is 2. The van der Waals surface area contributed by atoms with Crippen molar-refractivity contribution in [3.63, 3.8) is 0 Å². The number of carbonyl (C=O) groups excluding carboxylic acids is 1. The lowest BCUT2D eigenvalue weighted by molar-refractivity contribution is 0.0935. The molecule has 0 aliphatic rings. The fourth-order valence-electron chi connectivity index (χ4n) is 2.09. The molecule has 3 heteroatoms. The predicted molar refractivity (Wildman–Crippen MR) is 85.0 cm³/mol. The van der Waals surface area contributed by atoms with Crippen molar-refractivity contribution in [2.45, 2.75) is 58.4 Å². The third-order valence-corrected chi connectivity index (χ3v) is 3.54. The van der Waals surface area contributed by atoms with Crippen molar-refractivity contribution in [3.8, 4) is 0 Å². The van der Waals surface area contributed by atoms with Crippen LogP contribution in [0.5, 0.6) is 0 Å². The average Bonchev–Trinajstić information content (AvgIpc) is 2.42. The molecule has 20 heavy (non-hydrogen) atoms. The highest BCUT2D eigenvalue weighted by Gasteiger charge is 2.15. The van der Waals surface area contributed by atoms with Gasteiger partial charge in [-0.3, -0.25) is 4.79 Å². The lowest BCUT2D eigenvalue weighted by Gasteiger charge is -2.20. The highest BCUT2D eigenvalue weighted by molar-refractivity contribution is 5.94. The molecule has 1 unspecified atom stereocenters. The van der Waals surface area contributed by atoms with Crippen LogP contribution in [0.3, 0.4) is 0 Å². The lowest BCUT2D eigenvalue weighted by Crippen LogP contribution is -2.40. The van der Waals surface area contributed by atoms with Crippen LogP contribution in [-0.4, -0.2) is 18.5 Å². The zero-order valence-electron chi connectivity index (χ0n) is 13.2. The number of nitrogens with one attached hydrogen (secondary N) is 1. The van der Waals surface area contributed by atoms with Gasteiger partial charge in [0, 0.05) is 18.2 Å². The van der Waals surface area contributed by atoms with E-state index in [1.165, 1.54) is 5.56 Å². The molecule has 0 saturated carbocycles. The van der Waals surface area contributed by atoms with Crippen LogP contribution in [0.2, 0.25) is 0 Å². The molecule has 0 spiro atoms. The molecule has 112 valence electrons. The highest BCUT2D eigenvalue weighted by atomic mass is 16.1. The second kappa shape index (κ2) is 7.44. The quantitative estimate of drug-likeness (QED) is 0.838. The third kappa shape index (κ3) is 4.97. The minimum absolute atomic E-state index is 0.0305. The molecular weight excluding hydrogens is 248 g/mol. The van der Waals surface area contributed by atoms with Gasteiger partial charge in [-0.25, -0.2) is 0 Å². The molecule has 1 rings (SSSR count). The summed E-state index contributed by atoms with van der Waals surface area (Å²) in [5, 5.41) is 3.01. The summed E-state index contributed by atoms with van der Waals surface area (Å²) in [6.07, 6.45) is 3.15. The van der Waals surface area contributed by atoms with E-state index in [4.69, 9.17) is 5.73 Å². The van der Waals surface area contributed by atoms with Gasteiger partial charge in [-0.2, -0.15) is 0 Å². The van der Waals surface area contributed by atoms with E-state index in [0.717, 1.165) is 19.3 Å². The molecule has 0 heterocycles. The van der Waals surface area contributed by atoms with E-state index in [0.29, 0.717) is 12.1 Å². The minimum Gasteiger partial charge on any atom is -0.348 e. The third-order valence-electron chi connectivity index (χ3n) is 3.54. The van der Waals surface area contributed by atoms with Crippen LogP contribution in [0.4, 0.5) is 0 Å². The maximum atomic E-state index is 12.2. The SMILES string of the molecule is CCCCC(CN)NC(=O)c1ccc(C(C)(C)C)cc1. The molecule has 0 aliphatic carbocycles. The van der Waals surface area contributed by atoms with Crippen molar-refractivity contribution in [1.29, 1.82) is 0 Å². The Morgan fingerprint density at radius 2 is 1.85 bits per heavy atom. The Morgan fingerprint density at radius 1 is 1.25 bits per heavy atom. The number of nitrogens with two attached hydrogens (primary N) is 1. The fourth-order valence-corrected chi connectivity index (χ4v) is 2.09. The van der Waals surface area contributed by atoms with Gasteiger partial charge in [-0.15, -0.1) is 0 Å². The van der Waals surface area contributed by atoms with E-state index in [1.54, 1.807) is 0 Å². The molecule has 1 aromatic carbocycles. The van der Waals surface area contributed by atoms with Crippen LogP contribution < -0.4 is 11.1 Å². The van der Waals surface area contributed by atoms with Gasteiger partial charge in [-0.1, -0.05) is 52.7 Å². The van der Waals surface area contributed by atoms with Gasteiger partial charge in [0.25, 0.3) is 5.91 Å². The summed E-state index contributed by atoms with van der Waals surface area (Å²) in [5.41, 5.74) is 7.75. The summed E-state index contributed by atoms with van der Waals surface area (Å²) >= 11 is 0.